The lowest BCUT2D eigenvalue weighted by Crippen LogP contribution is -2.40. The fraction of sp³-hybridized carbons (Fsp3) is 0.375. The van der Waals surface area contributed by atoms with Crippen LogP contribution in [0.1, 0.15) is 50.2 Å². The fourth-order valence-electron chi connectivity index (χ4n) is 4.04. The van der Waals surface area contributed by atoms with Gasteiger partial charge in [0.15, 0.2) is 6.61 Å². The number of rotatable bonds is 5. The third-order valence-electron chi connectivity index (χ3n) is 5.51. The summed E-state index contributed by atoms with van der Waals surface area (Å²) in [5.74, 6) is -0.927. The molecule has 1 heterocycles. The second-order valence-electron chi connectivity index (χ2n) is 7.88. The molecule has 2 aromatic rings. The van der Waals surface area contributed by atoms with Gasteiger partial charge in [0, 0.05) is 29.2 Å². The second-order valence-corrected chi connectivity index (χ2v) is 8.31. The largest absolute Gasteiger partial charge is 0.457 e. The van der Waals surface area contributed by atoms with Gasteiger partial charge in [-0.25, -0.2) is 0 Å². The molecule has 0 saturated carbocycles. The Hall–Kier alpha value is -2.66. The summed E-state index contributed by atoms with van der Waals surface area (Å²) < 4.78 is 5.32. The van der Waals surface area contributed by atoms with Crippen molar-refractivity contribution in [1.29, 1.82) is 0 Å². The van der Waals surface area contributed by atoms with E-state index in [1.165, 1.54) is 0 Å². The van der Waals surface area contributed by atoms with E-state index in [-0.39, 0.29) is 30.2 Å². The van der Waals surface area contributed by atoms with Crippen molar-refractivity contribution in [1.82, 2.24) is 4.90 Å². The maximum Gasteiger partial charge on any atom is 0.309 e. The molecular weight excluding hydrogens is 402 g/mol. The number of hydrogen-bond donors (Lipinski definition) is 0. The third kappa shape index (κ3) is 5.08. The summed E-state index contributed by atoms with van der Waals surface area (Å²) in [7, 11) is 0. The first-order valence-electron chi connectivity index (χ1n) is 10.1. The van der Waals surface area contributed by atoms with Crippen LogP contribution in [-0.4, -0.2) is 42.3 Å². The molecule has 1 saturated heterocycles. The highest BCUT2D eigenvalue weighted by Gasteiger charge is 2.29. The van der Waals surface area contributed by atoms with Gasteiger partial charge in [-0.1, -0.05) is 29.3 Å². The fourth-order valence-corrected chi connectivity index (χ4v) is 4.17. The summed E-state index contributed by atoms with van der Waals surface area (Å²) in [5, 5.41) is 0.582. The van der Waals surface area contributed by atoms with E-state index in [0.717, 1.165) is 16.7 Å². The molecule has 1 aliphatic rings. The van der Waals surface area contributed by atoms with Crippen molar-refractivity contribution in [2.75, 3.05) is 19.7 Å². The van der Waals surface area contributed by atoms with Gasteiger partial charge in [-0.05, 0) is 69.0 Å². The van der Waals surface area contributed by atoms with Crippen LogP contribution in [0, 0.1) is 26.7 Å². The molecule has 0 bridgehead atoms. The van der Waals surface area contributed by atoms with Gasteiger partial charge in [0.25, 0.3) is 5.91 Å². The van der Waals surface area contributed by atoms with Crippen LogP contribution in [0.3, 0.4) is 0 Å². The van der Waals surface area contributed by atoms with Gasteiger partial charge < -0.3 is 9.64 Å². The van der Waals surface area contributed by atoms with Gasteiger partial charge >= 0.3 is 5.97 Å². The number of nitrogens with zero attached hydrogens (tertiary/aromatic N) is 1. The maximum atomic E-state index is 12.6. The lowest BCUT2D eigenvalue weighted by atomic mass is 9.96. The van der Waals surface area contributed by atoms with Crippen molar-refractivity contribution in [3.05, 3.63) is 69.2 Å². The molecule has 6 heteroatoms. The summed E-state index contributed by atoms with van der Waals surface area (Å²) in [6.07, 6.45) is 1.05. The van der Waals surface area contributed by atoms with Crippen LogP contribution in [0.25, 0.3) is 0 Å². The summed E-state index contributed by atoms with van der Waals surface area (Å²) in [6, 6.07) is 10.7. The molecule has 0 atom stereocenters. The Morgan fingerprint density at radius 3 is 2.13 bits per heavy atom. The van der Waals surface area contributed by atoms with Crippen molar-refractivity contribution in [2.45, 2.75) is 33.6 Å². The lowest BCUT2D eigenvalue weighted by Gasteiger charge is -2.31. The quantitative estimate of drug-likeness (QED) is 0.519. The minimum Gasteiger partial charge on any atom is -0.457 e. The minimum atomic E-state index is -0.371. The molecule has 0 N–H and O–H groups in total. The van der Waals surface area contributed by atoms with Crippen molar-refractivity contribution in [3.8, 4) is 0 Å². The Morgan fingerprint density at radius 1 is 1.00 bits per heavy atom. The zero-order valence-electron chi connectivity index (χ0n) is 17.5. The van der Waals surface area contributed by atoms with Crippen LogP contribution in [0.5, 0.6) is 0 Å². The van der Waals surface area contributed by atoms with Gasteiger partial charge in [-0.15, -0.1) is 0 Å². The van der Waals surface area contributed by atoms with Crippen molar-refractivity contribution < 1.29 is 19.1 Å². The summed E-state index contributed by atoms with van der Waals surface area (Å²) in [6.45, 7) is 6.47. The Bertz CT molecular complexity index is 937. The molecule has 0 aromatic heterocycles. The number of carbonyl (C=O) groups is 3. The Balaban J connectivity index is 1.51. The van der Waals surface area contributed by atoms with Gasteiger partial charge in [0.1, 0.15) is 0 Å². The first kappa shape index (κ1) is 22.0. The smallest absolute Gasteiger partial charge is 0.309 e. The number of halogens is 1. The van der Waals surface area contributed by atoms with Crippen LogP contribution in [0.4, 0.5) is 0 Å². The Kier molecular flexibility index (Phi) is 6.93. The predicted octanol–water partition coefficient (Wildman–Crippen LogP) is 4.54. The third-order valence-corrected chi connectivity index (χ3v) is 5.76. The number of hydrogen-bond acceptors (Lipinski definition) is 4. The molecule has 0 radical (unpaired) electrons. The minimum absolute atomic E-state index is 0.0704. The molecule has 2 aromatic carbocycles. The average Bonchev–Trinajstić information content (AvgIpc) is 2.71. The zero-order chi connectivity index (χ0) is 21.8. The molecule has 5 nitrogen and oxygen atoms in total. The van der Waals surface area contributed by atoms with Gasteiger partial charge in [-0.3, -0.25) is 14.4 Å². The van der Waals surface area contributed by atoms with Gasteiger partial charge in [0.05, 0.1) is 5.92 Å². The Morgan fingerprint density at radius 2 is 1.57 bits per heavy atom. The number of Topliss-reactive ketones (excluding diaryl/α,β-unsaturated/α-hetero) is 1. The number of carbonyl (C=O) groups excluding carboxylic acids is 3. The number of aryl methyl sites for hydroxylation is 3. The first-order valence-corrected chi connectivity index (χ1v) is 10.5. The van der Waals surface area contributed by atoms with E-state index < -0.39 is 0 Å². The summed E-state index contributed by atoms with van der Waals surface area (Å²) in [4.78, 5) is 39.3. The number of likely N-dealkylation sites (tertiary alicyclic amines) is 1. The number of amides is 1. The standard InChI is InChI=1S/C24H26ClNO4/c1-15-12-16(2)22(17(3)13-15)21(27)14-30-24(29)19-8-10-26(11-9-19)23(28)18-4-6-20(25)7-5-18/h4-7,12-13,19H,8-11,14H2,1-3H3. The topological polar surface area (TPSA) is 63.7 Å². The van der Waals surface area contributed by atoms with E-state index in [1.54, 1.807) is 29.2 Å². The van der Waals surface area contributed by atoms with Crippen LogP contribution in [0.15, 0.2) is 36.4 Å². The van der Waals surface area contributed by atoms with E-state index in [9.17, 15) is 14.4 Å². The van der Waals surface area contributed by atoms with E-state index in [4.69, 9.17) is 16.3 Å². The van der Waals surface area contributed by atoms with Crippen LogP contribution >= 0.6 is 11.6 Å². The first-order chi connectivity index (χ1) is 14.3. The van der Waals surface area contributed by atoms with Crippen molar-refractivity contribution >= 4 is 29.3 Å². The number of piperidine rings is 1. The molecule has 0 aliphatic carbocycles. The molecule has 1 fully saturated rings. The second kappa shape index (κ2) is 9.43. The Labute approximate surface area is 182 Å². The van der Waals surface area contributed by atoms with E-state index in [1.807, 2.05) is 32.9 Å². The number of ether oxygens (including phenoxy) is 1. The highest BCUT2D eigenvalue weighted by atomic mass is 35.5. The van der Waals surface area contributed by atoms with E-state index >= 15 is 0 Å². The average molecular weight is 428 g/mol. The zero-order valence-corrected chi connectivity index (χ0v) is 18.3. The molecule has 1 amide bonds. The van der Waals surface area contributed by atoms with Gasteiger partial charge in [0.2, 0.25) is 5.78 Å². The van der Waals surface area contributed by atoms with E-state index in [2.05, 4.69) is 0 Å². The van der Waals surface area contributed by atoms with Crippen LogP contribution < -0.4 is 0 Å². The highest BCUT2D eigenvalue weighted by molar-refractivity contribution is 6.30. The van der Waals surface area contributed by atoms with Crippen molar-refractivity contribution in [2.24, 2.45) is 5.92 Å². The number of ketones is 1. The van der Waals surface area contributed by atoms with Crippen LogP contribution in [-0.2, 0) is 9.53 Å². The predicted molar refractivity (Wildman–Crippen MR) is 116 cm³/mol. The lowest BCUT2D eigenvalue weighted by molar-refractivity contribution is -0.148. The van der Waals surface area contributed by atoms with Gasteiger partial charge in [-0.2, -0.15) is 0 Å². The molecule has 3 rings (SSSR count). The molecule has 0 unspecified atom stereocenters. The maximum absolute atomic E-state index is 12.6. The molecule has 1 aliphatic heterocycles. The molecular formula is C24H26ClNO4. The SMILES string of the molecule is Cc1cc(C)c(C(=O)COC(=O)C2CCN(C(=O)c3ccc(Cl)cc3)CC2)c(C)c1. The molecule has 30 heavy (non-hydrogen) atoms. The monoisotopic (exact) mass is 427 g/mol. The number of benzene rings is 2. The summed E-state index contributed by atoms with van der Waals surface area (Å²) >= 11 is 5.87. The normalized spacial score (nSPS) is 14.5. The molecule has 158 valence electrons. The van der Waals surface area contributed by atoms with Crippen molar-refractivity contribution in [3.63, 3.8) is 0 Å². The van der Waals surface area contributed by atoms with Crippen LogP contribution in [0.2, 0.25) is 5.02 Å². The molecule has 0 spiro atoms. The summed E-state index contributed by atoms with van der Waals surface area (Å²) in [5.41, 5.74) is 4.08. The highest BCUT2D eigenvalue weighted by Crippen LogP contribution is 2.22. The van der Waals surface area contributed by atoms with E-state index in [0.29, 0.717) is 42.1 Å². The number of esters is 1.